The third-order valence-corrected chi connectivity index (χ3v) is 10.1. The quantitative estimate of drug-likeness (QED) is 0.0271. The van der Waals surface area contributed by atoms with Gasteiger partial charge >= 0.3 is 11.9 Å². The Kier molecular flexibility index (Phi) is 36.1. The van der Waals surface area contributed by atoms with Crippen LogP contribution in [0.4, 0.5) is 0 Å². The van der Waals surface area contributed by atoms with Crippen molar-refractivity contribution in [2.45, 2.75) is 205 Å². The van der Waals surface area contributed by atoms with Gasteiger partial charge in [0.15, 0.2) is 12.4 Å². The van der Waals surface area contributed by atoms with Crippen molar-refractivity contribution in [2.24, 2.45) is 0 Å². The van der Waals surface area contributed by atoms with Crippen LogP contribution in [-0.4, -0.2) is 89.0 Å². The van der Waals surface area contributed by atoms with E-state index in [9.17, 15) is 30.0 Å². The van der Waals surface area contributed by atoms with Gasteiger partial charge in [-0.15, -0.1) is 0 Å². The summed E-state index contributed by atoms with van der Waals surface area (Å²) in [5.74, 6) is -0.964. The van der Waals surface area contributed by atoms with Crippen LogP contribution in [0.5, 0.6) is 0 Å². The second kappa shape index (κ2) is 39.3. The summed E-state index contributed by atoms with van der Waals surface area (Å²) in [6.07, 6.45) is 42.2. The van der Waals surface area contributed by atoms with E-state index in [1.165, 1.54) is 89.9 Å². The molecular formula is C49H82O10. The first kappa shape index (κ1) is 54.2. The number of allylic oxidation sites excluding steroid dienone is 12. The van der Waals surface area contributed by atoms with E-state index in [0.717, 1.165) is 38.5 Å². The molecule has 1 fully saturated rings. The number of hydrogen-bond donors (Lipinski definition) is 4. The van der Waals surface area contributed by atoms with Crippen molar-refractivity contribution in [3.05, 3.63) is 72.9 Å². The lowest BCUT2D eigenvalue weighted by Gasteiger charge is -2.39. The van der Waals surface area contributed by atoms with E-state index in [2.05, 4.69) is 68.5 Å². The third kappa shape index (κ3) is 30.8. The van der Waals surface area contributed by atoms with Gasteiger partial charge in [0.25, 0.3) is 0 Å². The van der Waals surface area contributed by atoms with Crippen LogP contribution >= 0.6 is 0 Å². The number of ether oxygens (including phenoxy) is 4. The number of rotatable bonds is 37. The summed E-state index contributed by atoms with van der Waals surface area (Å²) >= 11 is 0. The molecule has 1 aliphatic heterocycles. The van der Waals surface area contributed by atoms with Gasteiger partial charge in [-0.3, -0.25) is 9.59 Å². The van der Waals surface area contributed by atoms with Crippen molar-refractivity contribution < 1.29 is 49.0 Å². The monoisotopic (exact) mass is 831 g/mol. The van der Waals surface area contributed by atoms with Crippen LogP contribution in [-0.2, 0) is 28.5 Å². The Balaban J connectivity index is 2.40. The van der Waals surface area contributed by atoms with E-state index >= 15 is 0 Å². The van der Waals surface area contributed by atoms with E-state index < -0.39 is 55.4 Å². The molecule has 10 nitrogen and oxygen atoms in total. The SMILES string of the molecule is CCCCC/C=C/C/C=C/C/C=C/C/C=C/C/C=C/CCC(=O)OC[C@@H](CO[C@H]1O[C@@H](CO)[C@@H](O)C(O)C1O)OC(=O)CC/C=C/CCCCCCCCCCCCC. The van der Waals surface area contributed by atoms with Gasteiger partial charge in [0, 0.05) is 12.8 Å². The molecule has 0 spiro atoms. The first-order valence-electron chi connectivity index (χ1n) is 23.0. The minimum Gasteiger partial charge on any atom is -0.462 e. The molecule has 1 heterocycles. The summed E-state index contributed by atoms with van der Waals surface area (Å²) in [7, 11) is 0. The molecule has 4 N–H and O–H groups in total. The fourth-order valence-corrected chi connectivity index (χ4v) is 6.42. The van der Waals surface area contributed by atoms with Crippen LogP contribution in [0.25, 0.3) is 0 Å². The molecule has 338 valence electrons. The Morgan fingerprint density at radius 1 is 0.525 bits per heavy atom. The predicted molar refractivity (Wildman–Crippen MR) is 238 cm³/mol. The van der Waals surface area contributed by atoms with E-state index in [-0.39, 0.29) is 26.1 Å². The Hall–Kier alpha value is -2.86. The first-order chi connectivity index (χ1) is 28.8. The third-order valence-electron chi connectivity index (χ3n) is 10.1. The molecule has 10 heteroatoms. The summed E-state index contributed by atoms with van der Waals surface area (Å²) in [5, 5.41) is 40.1. The van der Waals surface area contributed by atoms with Crippen molar-refractivity contribution in [3.63, 3.8) is 0 Å². The molecule has 0 aliphatic carbocycles. The van der Waals surface area contributed by atoms with Crippen molar-refractivity contribution in [3.8, 4) is 0 Å². The highest BCUT2D eigenvalue weighted by Crippen LogP contribution is 2.22. The fraction of sp³-hybridized carbons (Fsp3) is 0.714. The summed E-state index contributed by atoms with van der Waals surface area (Å²) < 4.78 is 22.0. The van der Waals surface area contributed by atoms with Crippen LogP contribution in [0.1, 0.15) is 168 Å². The number of hydrogen-bond acceptors (Lipinski definition) is 10. The summed E-state index contributed by atoms with van der Waals surface area (Å²) in [6.45, 7) is 3.28. The van der Waals surface area contributed by atoms with Gasteiger partial charge in [-0.2, -0.15) is 0 Å². The zero-order valence-electron chi connectivity index (χ0n) is 36.7. The molecule has 0 aromatic rings. The standard InChI is InChI=1S/C49H82O10/c1-3-5-7-9-11-13-15-17-19-20-21-22-24-25-27-29-31-33-35-37-44(51)56-40-42(41-57-49-48(55)47(54)46(53)43(39-50)59-49)58-45(52)38-36-34-32-30-28-26-23-18-16-14-12-10-8-6-4-2/h11,13,17,19,21-22,25,27,31-34,42-43,46-50,53-55H,3-10,12,14-16,18,20,23-24,26,28-30,35-41H2,1-2H3/b13-11+,19-17+,22-21+,27-25+,33-31+,34-32+/t42-,43-,46+,47?,48?,49-/m0/s1. The Morgan fingerprint density at radius 3 is 1.49 bits per heavy atom. The number of unbranched alkanes of at least 4 members (excludes halogenated alkanes) is 14. The van der Waals surface area contributed by atoms with Crippen molar-refractivity contribution >= 4 is 11.9 Å². The maximum atomic E-state index is 12.7. The van der Waals surface area contributed by atoms with Gasteiger partial charge in [0.1, 0.15) is 31.0 Å². The van der Waals surface area contributed by atoms with Crippen LogP contribution < -0.4 is 0 Å². The van der Waals surface area contributed by atoms with Gasteiger partial charge in [-0.05, 0) is 64.2 Å². The van der Waals surface area contributed by atoms with Crippen molar-refractivity contribution in [2.75, 3.05) is 19.8 Å². The number of esters is 2. The molecule has 59 heavy (non-hydrogen) atoms. The fourth-order valence-electron chi connectivity index (χ4n) is 6.42. The highest BCUT2D eigenvalue weighted by molar-refractivity contribution is 5.70. The highest BCUT2D eigenvalue weighted by atomic mass is 16.7. The molecule has 1 saturated heterocycles. The van der Waals surface area contributed by atoms with E-state index in [1.807, 2.05) is 18.2 Å². The summed E-state index contributed by atoms with van der Waals surface area (Å²) in [5.41, 5.74) is 0. The smallest absolute Gasteiger partial charge is 0.306 e. The zero-order valence-corrected chi connectivity index (χ0v) is 36.7. The maximum Gasteiger partial charge on any atom is 0.306 e. The molecule has 0 bridgehead atoms. The summed E-state index contributed by atoms with van der Waals surface area (Å²) in [4.78, 5) is 25.3. The molecular weight excluding hydrogens is 749 g/mol. The lowest BCUT2D eigenvalue weighted by Crippen LogP contribution is -2.59. The summed E-state index contributed by atoms with van der Waals surface area (Å²) in [6, 6.07) is 0. The zero-order chi connectivity index (χ0) is 43.0. The average molecular weight is 831 g/mol. The lowest BCUT2D eigenvalue weighted by molar-refractivity contribution is -0.305. The number of carbonyl (C=O) groups is 2. The minimum atomic E-state index is -1.61. The molecule has 0 saturated carbocycles. The van der Waals surface area contributed by atoms with Gasteiger partial charge in [-0.1, -0.05) is 164 Å². The second-order valence-electron chi connectivity index (χ2n) is 15.5. The lowest BCUT2D eigenvalue weighted by atomic mass is 9.99. The van der Waals surface area contributed by atoms with Crippen molar-refractivity contribution in [1.82, 2.24) is 0 Å². The highest BCUT2D eigenvalue weighted by Gasteiger charge is 2.44. The molecule has 0 amide bonds. The molecule has 0 aromatic heterocycles. The first-order valence-corrected chi connectivity index (χ1v) is 23.0. The van der Waals surface area contributed by atoms with Crippen LogP contribution in [0.3, 0.4) is 0 Å². The second-order valence-corrected chi connectivity index (χ2v) is 15.5. The topological polar surface area (TPSA) is 152 Å². The maximum absolute atomic E-state index is 12.7. The number of carbonyl (C=O) groups excluding carboxylic acids is 2. The largest absolute Gasteiger partial charge is 0.462 e. The Bertz CT molecular complexity index is 1190. The van der Waals surface area contributed by atoms with E-state index in [0.29, 0.717) is 12.8 Å². The van der Waals surface area contributed by atoms with E-state index in [1.54, 1.807) is 0 Å². The number of aliphatic hydroxyl groups excluding tert-OH is 4. The van der Waals surface area contributed by atoms with Gasteiger partial charge in [0.2, 0.25) is 0 Å². The molecule has 1 aliphatic rings. The minimum absolute atomic E-state index is 0.128. The van der Waals surface area contributed by atoms with Crippen LogP contribution in [0.15, 0.2) is 72.9 Å². The van der Waals surface area contributed by atoms with Crippen molar-refractivity contribution in [1.29, 1.82) is 0 Å². The van der Waals surface area contributed by atoms with Gasteiger partial charge < -0.3 is 39.4 Å². The predicted octanol–water partition coefficient (Wildman–Crippen LogP) is 10.00. The molecule has 0 aromatic carbocycles. The molecule has 0 radical (unpaired) electrons. The van der Waals surface area contributed by atoms with Crippen LogP contribution in [0, 0.1) is 0 Å². The Labute approximate surface area is 357 Å². The van der Waals surface area contributed by atoms with Gasteiger partial charge in [-0.25, -0.2) is 0 Å². The normalized spacial score (nSPS) is 20.7. The molecule has 1 rings (SSSR count). The molecule has 2 unspecified atom stereocenters. The van der Waals surface area contributed by atoms with Crippen LogP contribution in [0.2, 0.25) is 0 Å². The van der Waals surface area contributed by atoms with E-state index in [4.69, 9.17) is 18.9 Å². The Morgan fingerprint density at radius 2 is 0.949 bits per heavy atom. The number of aliphatic hydroxyl groups is 4. The average Bonchev–Trinajstić information content (AvgIpc) is 3.23. The van der Waals surface area contributed by atoms with Gasteiger partial charge in [0.05, 0.1) is 13.2 Å². The molecule has 6 atom stereocenters.